The summed E-state index contributed by atoms with van der Waals surface area (Å²) in [5, 5.41) is 0. The second kappa shape index (κ2) is 13.2. The van der Waals surface area contributed by atoms with E-state index in [0.717, 1.165) is 0 Å². The minimum atomic E-state index is 0. The van der Waals surface area contributed by atoms with E-state index in [1.54, 1.807) is 0 Å². The van der Waals surface area contributed by atoms with Crippen LogP contribution in [0.5, 0.6) is 0 Å². The summed E-state index contributed by atoms with van der Waals surface area (Å²) in [6.45, 7) is 0. The summed E-state index contributed by atoms with van der Waals surface area (Å²) >= 11 is 0. The van der Waals surface area contributed by atoms with Crippen LogP contribution in [0.1, 0.15) is 0 Å². The molecule has 1 aliphatic carbocycles. The van der Waals surface area contributed by atoms with Crippen molar-refractivity contribution < 1.29 is 55.0 Å². The summed E-state index contributed by atoms with van der Waals surface area (Å²) < 4.78 is 0. The Hall–Kier alpha value is 0.608. The molecule has 0 bridgehead atoms. The predicted molar refractivity (Wildman–Crippen MR) is 36.6 cm³/mol. The predicted octanol–water partition coefficient (Wildman–Crippen LogP) is -3.77. The standard InChI is InChI=1S/C8H8.2BrH.Pt/c1-2-4-6-8-7-5-3-1;;;/h1-8H;2*1H;/q;;;+2/p-2/b2-1-,3-1?,4-2?,5-3-,6-4-,7-5?,8-6?,8-7-;;;. The first-order chi connectivity index (χ1) is 4.00. The first kappa shape index (κ1) is 17.6. The fourth-order valence-electron chi connectivity index (χ4n) is 0.513. The van der Waals surface area contributed by atoms with Crippen molar-refractivity contribution in [3.05, 3.63) is 48.6 Å². The number of allylic oxidation sites excluding steroid dienone is 8. The van der Waals surface area contributed by atoms with Gasteiger partial charge in [0.05, 0.1) is 0 Å². The molecule has 0 aromatic rings. The van der Waals surface area contributed by atoms with E-state index in [0.29, 0.717) is 0 Å². The molecule has 0 atom stereocenters. The average Bonchev–Trinajstić information content (AvgIpc) is 1.62. The molecule has 1 aliphatic rings. The van der Waals surface area contributed by atoms with Gasteiger partial charge in [-0.25, -0.2) is 0 Å². The van der Waals surface area contributed by atoms with Crippen LogP contribution < -0.4 is 34.0 Å². The van der Waals surface area contributed by atoms with E-state index in [9.17, 15) is 0 Å². The molecule has 0 N–H and O–H groups in total. The topological polar surface area (TPSA) is 0 Å². The van der Waals surface area contributed by atoms with Gasteiger partial charge < -0.3 is 34.0 Å². The number of rotatable bonds is 0. The van der Waals surface area contributed by atoms with Crippen LogP contribution in [-0.4, -0.2) is 0 Å². The van der Waals surface area contributed by atoms with Gasteiger partial charge in [0, 0.05) is 0 Å². The van der Waals surface area contributed by atoms with Crippen molar-refractivity contribution in [2.75, 3.05) is 0 Å². The van der Waals surface area contributed by atoms with Gasteiger partial charge >= 0.3 is 21.1 Å². The van der Waals surface area contributed by atoms with Gasteiger partial charge in [0.2, 0.25) is 0 Å². The van der Waals surface area contributed by atoms with Crippen LogP contribution in [0.2, 0.25) is 0 Å². The van der Waals surface area contributed by atoms with Crippen LogP contribution in [0, 0.1) is 0 Å². The van der Waals surface area contributed by atoms with E-state index in [1.807, 2.05) is 48.6 Å². The molecule has 0 heterocycles. The van der Waals surface area contributed by atoms with Crippen molar-refractivity contribution in [1.29, 1.82) is 0 Å². The third kappa shape index (κ3) is 10.6. The first-order valence-electron chi connectivity index (χ1n) is 2.67. The third-order valence-corrected chi connectivity index (χ3v) is 0.889. The SMILES string of the molecule is C1=C\C=C/C=C\C=C/1.[Br-].[Br-].[Pt+2]. The molecule has 1 rings (SSSR count). The molecule has 0 aromatic heterocycles. The summed E-state index contributed by atoms with van der Waals surface area (Å²) in [6.07, 6.45) is 16.0. The molecule has 0 saturated carbocycles. The Morgan fingerprint density at radius 2 is 0.455 bits per heavy atom. The van der Waals surface area contributed by atoms with Gasteiger partial charge in [-0.15, -0.1) is 0 Å². The van der Waals surface area contributed by atoms with Gasteiger partial charge in [-0.05, 0) is 0 Å². The van der Waals surface area contributed by atoms with Crippen molar-refractivity contribution in [3.63, 3.8) is 0 Å². The normalized spacial score (nSPS) is 23.3. The van der Waals surface area contributed by atoms with E-state index in [-0.39, 0.29) is 55.0 Å². The Kier molecular flexibility index (Phi) is 21.2. The maximum Gasteiger partial charge on any atom is 2.00 e. The molecule has 0 amide bonds. The van der Waals surface area contributed by atoms with Crippen LogP contribution in [0.25, 0.3) is 0 Å². The van der Waals surface area contributed by atoms with Crippen molar-refractivity contribution in [2.24, 2.45) is 0 Å². The summed E-state index contributed by atoms with van der Waals surface area (Å²) in [5.41, 5.74) is 0. The summed E-state index contributed by atoms with van der Waals surface area (Å²) in [5.74, 6) is 0. The summed E-state index contributed by atoms with van der Waals surface area (Å²) in [4.78, 5) is 0. The maximum atomic E-state index is 2.00. The molecular formula is C8H8Br2Pt. The first-order valence-corrected chi connectivity index (χ1v) is 2.67. The molecule has 0 fully saturated rings. The van der Waals surface area contributed by atoms with Gasteiger partial charge in [0.1, 0.15) is 0 Å². The quantitative estimate of drug-likeness (QED) is 0.350. The summed E-state index contributed by atoms with van der Waals surface area (Å²) in [6, 6.07) is 0. The molecule has 0 aliphatic heterocycles. The largest absolute Gasteiger partial charge is 2.00 e. The van der Waals surface area contributed by atoms with E-state index >= 15 is 0 Å². The van der Waals surface area contributed by atoms with E-state index in [2.05, 4.69) is 0 Å². The van der Waals surface area contributed by atoms with Gasteiger partial charge in [-0.2, -0.15) is 0 Å². The van der Waals surface area contributed by atoms with Crippen LogP contribution >= 0.6 is 0 Å². The fourth-order valence-corrected chi connectivity index (χ4v) is 0.513. The van der Waals surface area contributed by atoms with Crippen molar-refractivity contribution in [3.8, 4) is 0 Å². The Morgan fingerprint density at radius 1 is 0.364 bits per heavy atom. The minimum Gasteiger partial charge on any atom is -1.00 e. The van der Waals surface area contributed by atoms with Gasteiger partial charge in [0.25, 0.3) is 0 Å². The monoisotopic (exact) mass is 457 g/mol. The van der Waals surface area contributed by atoms with E-state index in [1.165, 1.54) is 0 Å². The van der Waals surface area contributed by atoms with E-state index < -0.39 is 0 Å². The van der Waals surface area contributed by atoms with Crippen LogP contribution in [-0.2, 0) is 21.1 Å². The molecule has 0 spiro atoms. The van der Waals surface area contributed by atoms with Crippen LogP contribution in [0.3, 0.4) is 0 Å². The third-order valence-electron chi connectivity index (χ3n) is 0.889. The zero-order valence-corrected chi connectivity index (χ0v) is 11.1. The van der Waals surface area contributed by atoms with Gasteiger partial charge in [-0.3, -0.25) is 0 Å². The smallest absolute Gasteiger partial charge is 1.00 e. The molecule has 3 heteroatoms. The average molecular weight is 459 g/mol. The second-order valence-corrected chi connectivity index (χ2v) is 1.54. The van der Waals surface area contributed by atoms with Crippen molar-refractivity contribution in [1.82, 2.24) is 0 Å². The Labute approximate surface area is 103 Å². The second-order valence-electron chi connectivity index (χ2n) is 1.54. The van der Waals surface area contributed by atoms with Crippen LogP contribution in [0.15, 0.2) is 48.6 Å². The van der Waals surface area contributed by atoms with E-state index in [4.69, 9.17) is 0 Å². The Morgan fingerprint density at radius 3 is 0.545 bits per heavy atom. The Balaban J connectivity index is -0.000000213. The molecule has 64 valence electrons. The van der Waals surface area contributed by atoms with Crippen LogP contribution in [0.4, 0.5) is 0 Å². The zero-order valence-electron chi connectivity index (χ0n) is 5.69. The summed E-state index contributed by atoms with van der Waals surface area (Å²) in [7, 11) is 0. The molecule has 0 unspecified atom stereocenters. The molecule has 0 aromatic carbocycles. The maximum absolute atomic E-state index is 2.00. The molecule has 11 heavy (non-hydrogen) atoms. The molecule has 0 radical (unpaired) electrons. The van der Waals surface area contributed by atoms with Gasteiger partial charge in [-0.1, -0.05) is 48.6 Å². The number of hydrogen-bond donors (Lipinski definition) is 0. The fraction of sp³-hybridized carbons (Fsp3) is 0. The minimum absolute atomic E-state index is 0. The molecule has 0 nitrogen and oxygen atoms in total. The number of hydrogen-bond acceptors (Lipinski definition) is 0. The molecular weight excluding hydrogens is 451 g/mol. The Bertz CT molecular complexity index is 113. The zero-order chi connectivity index (χ0) is 5.66. The van der Waals surface area contributed by atoms with Crippen molar-refractivity contribution >= 4 is 0 Å². The molecule has 0 saturated heterocycles. The number of halogens is 2. The van der Waals surface area contributed by atoms with Gasteiger partial charge in [0.15, 0.2) is 0 Å². The van der Waals surface area contributed by atoms with Crippen molar-refractivity contribution in [2.45, 2.75) is 0 Å².